The summed E-state index contributed by atoms with van der Waals surface area (Å²) in [6.45, 7) is 2.81. The van der Waals surface area contributed by atoms with Gasteiger partial charge < -0.3 is 33.0 Å². The summed E-state index contributed by atoms with van der Waals surface area (Å²) in [7, 11) is 3.31. The van der Waals surface area contributed by atoms with Crippen LogP contribution in [-0.4, -0.2) is 55.9 Å². The first-order chi connectivity index (χ1) is 18.7. The Hall–Kier alpha value is -3.70. The number of thioether (sulfide) groups is 1. The topological polar surface area (TPSA) is 92.4 Å². The van der Waals surface area contributed by atoms with E-state index in [1.807, 2.05) is 35.1 Å². The van der Waals surface area contributed by atoms with Crippen molar-refractivity contribution in [1.82, 2.24) is 9.66 Å². The van der Waals surface area contributed by atoms with Gasteiger partial charge in [0, 0.05) is 50.0 Å². The molecule has 7 rings (SSSR count). The van der Waals surface area contributed by atoms with Gasteiger partial charge in [-0.2, -0.15) is 0 Å². The van der Waals surface area contributed by atoms with Gasteiger partial charge in [-0.1, -0.05) is 0 Å². The van der Waals surface area contributed by atoms with E-state index in [4.69, 9.17) is 33.1 Å². The predicted octanol–water partition coefficient (Wildman–Crippen LogP) is 4.91. The van der Waals surface area contributed by atoms with Gasteiger partial charge in [-0.3, -0.25) is 5.43 Å². The van der Waals surface area contributed by atoms with Crippen molar-refractivity contribution in [2.24, 2.45) is 5.92 Å². The highest BCUT2D eigenvalue weighted by atomic mass is 32.2. The molecule has 2 atom stereocenters. The molecule has 2 aromatic heterocycles. The van der Waals surface area contributed by atoms with Gasteiger partial charge in [-0.05, 0) is 42.8 Å². The monoisotopic (exact) mass is 536 g/mol. The lowest BCUT2D eigenvalue weighted by Gasteiger charge is -2.34. The summed E-state index contributed by atoms with van der Waals surface area (Å²) >= 11 is 1.51. The lowest BCUT2D eigenvalue weighted by Crippen LogP contribution is -2.37. The maximum atomic E-state index is 6.43. The van der Waals surface area contributed by atoms with Crippen LogP contribution in [0.3, 0.4) is 0 Å². The van der Waals surface area contributed by atoms with Gasteiger partial charge in [0.2, 0.25) is 6.79 Å². The standard InChI is InChI=1S/C27H28N4O6S/c1-32-18-9-22(19-11-24(37-23(19)10-18)20-13-31-26(28-20)38-27(29-31)33-2)34-14-16-4-3-7-30(12-16)17-5-6-21-25(8-17)36-15-35-21/h5-6,8-11,13,16,27,29H,3-4,7,12,14-15H2,1-2H3. The van der Waals surface area contributed by atoms with Crippen LogP contribution in [0.15, 0.2) is 52.2 Å². The quantitative estimate of drug-likeness (QED) is 0.351. The number of nitrogens with one attached hydrogen (secondary N) is 1. The van der Waals surface area contributed by atoms with Crippen molar-refractivity contribution in [1.29, 1.82) is 0 Å². The SMILES string of the molecule is COc1cc(OCC2CCCN(c3ccc4c(c3)OCO4)C2)c2cc(-c3cn4c(n3)SC(OC)N4)oc2c1. The molecule has 0 amide bonds. The molecule has 0 aliphatic carbocycles. The van der Waals surface area contributed by atoms with Crippen molar-refractivity contribution in [2.75, 3.05) is 51.0 Å². The number of hydrogen-bond acceptors (Lipinski definition) is 10. The van der Waals surface area contributed by atoms with Crippen molar-refractivity contribution in [3.8, 4) is 34.5 Å². The predicted molar refractivity (Wildman–Crippen MR) is 143 cm³/mol. The number of furan rings is 1. The number of rotatable bonds is 7. The van der Waals surface area contributed by atoms with Gasteiger partial charge in [0.1, 0.15) is 22.8 Å². The first-order valence-electron chi connectivity index (χ1n) is 12.6. The lowest BCUT2D eigenvalue weighted by atomic mass is 9.98. The number of benzene rings is 2. The van der Waals surface area contributed by atoms with Crippen LogP contribution in [0.1, 0.15) is 12.8 Å². The zero-order valence-electron chi connectivity index (χ0n) is 21.1. The fourth-order valence-corrected chi connectivity index (χ4v) is 5.99. The molecular formula is C27H28N4O6S. The summed E-state index contributed by atoms with van der Waals surface area (Å²) in [5.74, 6) is 4.10. The number of anilines is 1. The third-order valence-electron chi connectivity index (χ3n) is 7.12. The maximum Gasteiger partial charge on any atom is 0.231 e. The van der Waals surface area contributed by atoms with Crippen molar-refractivity contribution in [2.45, 2.75) is 23.6 Å². The molecule has 198 valence electrons. The van der Waals surface area contributed by atoms with Crippen molar-refractivity contribution >= 4 is 28.4 Å². The van der Waals surface area contributed by atoms with Crippen LogP contribution in [0.2, 0.25) is 0 Å². The minimum atomic E-state index is -0.146. The third kappa shape index (κ3) is 4.25. The highest BCUT2D eigenvalue weighted by molar-refractivity contribution is 7.99. The molecule has 0 bridgehead atoms. The molecule has 1 N–H and O–H groups in total. The highest BCUT2D eigenvalue weighted by Gasteiger charge is 2.26. The summed E-state index contributed by atoms with van der Waals surface area (Å²) in [5, 5.41) is 1.72. The number of aromatic nitrogens is 2. The molecule has 2 unspecified atom stereocenters. The molecule has 11 heteroatoms. The van der Waals surface area contributed by atoms with Crippen LogP contribution >= 0.6 is 11.8 Å². The van der Waals surface area contributed by atoms with Gasteiger partial charge in [-0.25, -0.2) is 9.66 Å². The number of methoxy groups -OCH3 is 2. The van der Waals surface area contributed by atoms with Crippen LogP contribution in [0.5, 0.6) is 23.0 Å². The zero-order valence-corrected chi connectivity index (χ0v) is 22.0. The van der Waals surface area contributed by atoms with E-state index in [-0.39, 0.29) is 12.4 Å². The average molecular weight is 537 g/mol. The molecule has 0 saturated carbocycles. The Labute approximate surface area is 223 Å². The molecule has 10 nitrogen and oxygen atoms in total. The van der Waals surface area contributed by atoms with E-state index in [9.17, 15) is 0 Å². The van der Waals surface area contributed by atoms with E-state index >= 15 is 0 Å². The number of imidazole rings is 1. The highest BCUT2D eigenvalue weighted by Crippen LogP contribution is 2.39. The van der Waals surface area contributed by atoms with E-state index in [0.29, 0.717) is 29.6 Å². The van der Waals surface area contributed by atoms with Crippen LogP contribution < -0.4 is 29.3 Å². The van der Waals surface area contributed by atoms with Crippen molar-refractivity contribution in [3.63, 3.8) is 0 Å². The Balaban J connectivity index is 1.09. The number of fused-ring (bicyclic) bond motifs is 3. The number of hydrogen-bond donors (Lipinski definition) is 1. The smallest absolute Gasteiger partial charge is 0.231 e. The average Bonchev–Trinajstić information content (AvgIpc) is 3.73. The Bertz CT molecular complexity index is 1460. The van der Waals surface area contributed by atoms with Crippen molar-refractivity contribution in [3.05, 3.63) is 42.6 Å². The zero-order chi connectivity index (χ0) is 25.6. The Morgan fingerprint density at radius 1 is 1.13 bits per heavy atom. The molecule has 0 spiro atoms. The van der Waals surface area contributed by atoms with Gasteiger partial charge in [0.15, 0.2) is 28.0 Å². The van der Waals surface area contributed by atoms with Gasteiger partial charge in [0.25, 0.3) is 0 Å². The van der Waals surface area contributed by atoms with Crippen LogP contribution in [0.4, 0.5) is 5.69 Å². The molecule has 1 fully saturated rings. The minimum absolute atomic E-state index is 0.146. The molecule has 1 saturated heterocycles. The second kappa shape index (κ2) is 9.55. The molecule has 2 aromatic carbocycles. The summed E-state index contributed by atoms with van der Waals surface area (Å²) in [6.07, 6.45) is 4.12. The molecule has 3 aliphatic heterocycles. The Morgan fingerprint density at radius 3 is 2.92 bits per heavy atom. The van der Waals surface area contributed by atoms with E-state index in [0.717, 1.165) is 65.1 Å². The number of ether oxygens (including phenoxy) is 5. The van der Waals surface area contributed by atoms with Crippen LogP contribution in [0, 0.1) is 5.92 Å². The Morgan fingerprint density at radius 2 is 2.05 bits per heavy atom. The minimum Gasteiger partial charge on any atom is -0.496 e. The molecular weight excluding hydrogens is 508 g/mol. The van der Waals surface area contributed by atoms with E-state index in [2.05, 4.69) is 22.5 Å². The summed E-state index contributed by atoms with van der Waals surface area (Å²) < 4.78 is 36.4. The van der Waals surface area contributed by atoms with Crippen LogP contribution in [0.25, 0.3) is 22.4 Å². The van der Waals surface area contributed by atoms with Crippen molar-refractivity contribution < 1.29 is 28.1 Å². The first-order valence-corrected chi connectivity index (χ1v) is 13.5. The lowest BCUT2D eigenvalue weighted by molar-refractivity contribution is 0.174. The largest absolute Gasteiger partial charge is 0.496 e. The Kier molecular flexibility index (Phi) is 5.89. The van der Waals surface area contributed by atoms with E-state index < -0.39 is 0 Å². The van der Waals surface area contributed by atoms with Gasteiger partial charge >= 0.3 is 0 Å². The molecule has 38 heavy (non-hydrogen) atoms. The fourth-order valence-electron chi connectivity index (χ4n) is 5.17. The summed E-state index contributed by atoms with van der Waals surface area (Å²) in [6, 6.07) is 11.9. The van der Waals surface area contributed by atoms with Crippen LogP contribution in [-0.2, 0) is 4.74 Å². The van der Waals surface area contributed by atoms with E-state index in [1.54, 1.807) is 14.2 Å². The molecule has 4 aromatic rings. The van der Waals surface area contributed by atoms with Gasteiger partial charge in [0.05, 0.1) is 25.3 Å². The second-order valence-electron chi connectivity index (χ2n) is 9.54. The summed E-state index contributed by atoms with van der Waals surface area (Å²) in [4.78, 5) is 7.10. The maximum absolute atomic E-state index is 6.43. The number of piperidine rings is 1. The molecule has 0 radical (unpaired) electrons. The first kappa shape index (κ1) is 23.4. The number of nitrogens with zero attached hydrogens (tertiary/aromatic N) is 3. The molecule has 3 aliphatic rings. The second-order valence-corrected chi connectivity index (χ2v) is 10.6. The van der Waals surface area contributed by atoms with E-state index in [1.165, 1.54) is 11.8 Å². The summed E-state index contributed by atoms with van der Waals surface area (Å²) in [5.41, 5.74) is 5.65. The normalized spacial score (nSPS) is 20.0. The van der Waals surface area contributed by atoms with Gasteiger partial charge in [-0.15, -0.1) is 0 Å². The fraction of sp³-hybridized carbons (Fsp3) is 0.370. The molecule has 5 heterocycles. The third-order valence-corrected chi connectivity index (χ3v) is 8.13.